The number of carbonyl (C=O) groups excluding carboxylic acids is 1. The number of pyridine rings is 1. The average molecular weight is 273 g/mol. The average Bonchev–Trinajstić information content (AvgIpc) is 2.91. The summed E-state index contributed by atoms with van der Waals surface area (Å²) in [5.74, 6) is -1.07. The fourth-order valence-corrected chi connectivity index (χ4v) is 2.60. The molecule has 104 valence electrons. The summed E-state index contributed by atoms with van der Waals surface area (Å²) in [6, 6.07) is 5.06. The van der Waals surface area contributed by atoms with E-state index in [2.05, 4.69) is 10.3 Å². The zero-order valence-corrected chi connectivity index (χ0v) is 10.9. The lowest BCUT2D eigenvalue weighted by atomic mass is 10.2. The molecule has 1 saturated carbocycles. The summed E-state index contributed by atoms with van der Waals surface area (Å²) in [6.07, 6.45) is 5.50. The second-order valence-electron chi connectivity index (χ2n) is 5.00. The van der Waals surface area contributed by atoms with Gasteiger partial charge in [-0.3, -0.25) is 14.0 Å². The Balaban J connectivity index is 2.02. The first-order valence-electron chi connectivity index (χ1n) is 6.68. The number of nitrogens with one attached hydrogen (secondary N) is 1. The number of hydrogen-bond donors (Lipinski definition) is 2. The number of amides is 1. The van der Waals surface area contributed by atoms with E-state index in [0.717, 1.165) is 25.7 Å². The number of rotatable bonds is 2. The summed E-state index contributed by atoms with van der Waals surface area (Å²) in [6.45, 7) is 0. The van der Waals surface area contributed by atoms with Gasteiger partial charge in [-0.1, -0.05) is 18.9 Å². The third-order valence-corrected chi connectivity index (χ3v) is 3.63. The molecule has 2 N–H and O–H groups in total. The lowest BCUT2D eigenvalue weighted by Gasteiger charge is -2.12. The maximum atomic E-state index is 12.3. The molecule has 0 unspecified atom stereocenters. The van der Waals surface area contributed by atoms with Gasteiger partial charge in [-0.05, 0) is 25.0 Å². The number of fused-ring (bicyclic) bond motifs is 1. The molecule has 0 spiro atoms. The van der Waals surface area contributed by atoms with Crippen molar-refractivity contribution in [2.45, 2.75) is 31.7 Å². The molecule has 1 aliphatic rings. The Morgan fingerprint density at radius 2 is 2.10 bits per heavy atom. The summed E-state index contributed by atoms with van der Waals surface area (Å²) in [7, 11) is 0. The Morgan fingerprint density at radius 3 is 2.85 bits per heavy atom. The minimum absolute atomic E-state index is 0.0813. The van der Waals surface area contributed by atoms with Crippen molar-refractivity contribution in [2.24, 2.45) is 0 Å². The molecule has 0 aromatic carbocycles. The maximum Gasteiger partial charge on any atom is 0.274 e. The van der Waals surface area contributed by atoms with Gasteiger partial charge in [0, 0.05) is 12.2 Å². The van der Waals surface area contributed by atoms with Crippen LogP contribution in [0.2, 0.25) is 0 Å². The molecule has 3 rings (SSSR count). The van der Waals surface area contributed by atoms with Gasteiger partial charge in [-0.2, -0.15) is 4.98 Å². The van der Waals surface area contributed by atoms with E-state index >= 15 is 0 Å². The van der Waals surface area contributed by atoms with Crippen LogP contribution in [-0.2, 0) is 0 Å². The van der Waals surface area contributed by atoms with Gasteiger partial charge in [0.05, 0.1) is 0 Å². The van der Waals surface area contributed by atoms with Crippen LogP contribution in [0.1, 0.15) is 36.0 Å². The van der Waals surface area contributed by atoms with Gasteiger partial charge in [0.1, 0.15) is 5.65 Å². The van der Waals surface area contributed by atoms with E-state index in [1.807, 2.05) is 0 Å². The van der Waals surface area contributed by atoms with E-state index in [1.165, 1.54) is 10.6 Å². The van der Waals surface area contributed by atoms with E-state index in [9.17, 15) is 14.7 Å². The maximum absolute atomic E-state index is 12.3. The zero-order chi connectivity index (χ0) is 14.1. The molecular formula is C14H15N3O3. The number of nitrogens with zero attached hydrogens (tertiary/aromatic N) is 2. The zero-order valence-electron chi connectivity index (χ0n) is 10.9. The van der Waals surface area contributed by atoms with Gasteiger partial charge in [0.2, 0.25) is 5.88 Å². The highest BCUT2D eigenvalue weighted by atomic mass is 16.3. The molecule has 1 fully saturated rings. The third-order valence-electron chi connectivity index (χ3n) is 3.63. The molecule has 1 aliphatic carbocycles. The van der Waals surface area contributed by atoms with Crippen LogP contribution >= 0.6 is 0 Å². The van der Waals surface area contributed by atoms with Crippen molar-refractivity contribution in [3.05, 3.63) is 40.3 Å². The fourth-order valence-electron chi connectivity index (χ4n) is 2.60. The van der Waals surface area contributed by atoms with Gasteiger partial charge >= 0.3 is 0 Å². The Bertz CT molecular complexity index is 717. The Kier molecular flexibility index (Phi) is 3.14. The normalized spacial score (nSPS) is 15.6. The van der Waals surface area contributed by atoms with E-state index in [1.54, 1.807) is 18.2 Å². The molecule has 1 amide bonds. The van der Waals surface area contributed by atoms with Crippen molar-refractivity contribution in [3.63, 3.8) is 0 Å². The molecule has 6 nitrogen and oxygen atoms in total. The first kappa shape index (κ1) is 12.7. The molecule has 0 saturated heterocycles. The second-order valence-corrected chi connectivity index (χ2v) is 5.00. The van der Waals surface area contributed by atoms with Crippen LogP contribution in [0.15, 0.2) is 29.2 Å². The topological polar surface area (TPSA) is 83.7 Å². The standard InChI is InChI=1S/C14H15N3O3/c18-12(15-9-5-1-2-6-9)11-13(19)16-10-7-3-4-8-17(10)14(11)20/h3-4,7-9,19H,1-2,5-6H2,(H,15,18). The summed E-state index contributed by atoms with van der Waals surface area (Å²) >= 11 is 0. The summed E-state index contributed by atoms with van der Waals surface area (Å²) in [5.41, 5.74) is -0.531. The largest absolute Gasteiger partial charge is 0.493 e. The van der Waals surface area contributed by atoms with Gasteiger partial charge in [-0.15, -0.1) is 0 Å². The molecule has 0 bridgehead atoms. The van der Waals surface area contributed by atoms with Gasteiger partial charge in [0.15, 0.2) is 5.56 Å². The Morgan fingerprint density at radius 1 is 1.35 bits per heavy atom. The number of carbonyl (C=O) groups is 1. The smallest absolute Gasteiger partial charge is 0.274 e. The van der Waals surface area contributed by atoms with Crippen LogP contribution in [0.25, 0.3) is 5.65 Å². The van der Waals surface area contributed by atoms with E-state index in [0.29, 0.717) is 5.65 Å². The van der Waals surface area contributed by atoms with E-state index in [-0.39, 0.29) is 11.6 Å². The van der Waals surface area contributed by atoms with Crippen molar-refractivity contribution >= 4 is 11.6 Å². The first-order valence-corrected chi connectivity index (χ1v) is 6.68. The highest BCUT2D eigenvalue weighted by molar-refractivity contribution is 5.96. The molecule has 0 radical (unpaired) electrons. The minimum Gasteiger partial charge on any atom is -0.493 e. The molecule has 2 aromatic rings. The first-order chi connectivity index (χ1) is 9.66. The van der Waals surface area contributed by atoms with Gasteiger partial charge in [0.25, 0.3) is 11.5 Å². The van der Waals surface area contributed by atoms with Gasteiger partial charge < -0.3 is 10.4 Å². The van der Waals surface area contributed by atoms with E-state index in [4.69, 9.17) is 0 Å². The Hall–Kier alpha value is -2.37. The highest BCUT2D eigenvalue weighted by Gasteiger charge is 2.23. The SMILES string of the molecule is O=C(NC1CCCC1)c1c(O)nc2ccccn2c1=O. The fraction of sp³-hybridized carbons (Fsp3) is 0.357. The summed E-state index contributed by atoms with van der Waals surface area (Å²) in [5, 5.41) is 12.6. The third kappa shape index (κ3) is 2.13. The summed E-state index contributed by atoms with van der Waals surface area (Å²) in [4.78, 5) is 28.3. The lowest BCUT2D eigenvalue weighted by molar-refractivity contribution is 0.0932. The van der Waals surface area contributed by atoms with Crippen LogP contribution in [-0.4, -0.2) is 26.4 Å². The highest BCUT2D eigenvalue weighted by Crippen LogP contribution is 2.19. The number of aromatic hydroxyl groups is 1. The van der Waals surface area contributed by atoms with Crippen molar-refractivity contribution < 1.29 is 9.90 Å². The van der Waals surface area contributed by atoms with Crippen molar-refractivity contribution in [2.75, 3.05) is 0 Å². The molecular weight excluding hydrogens is 258 g/mol. The monoisotopic (exact) mass is 273 g/mol. The van der Waals surface area contributed by atoms with Crippen LogP contribution in [0, 0.1) is 0 Å². The van der Waals surface area contributed by atoms with Crippen LogP contribution in [0.5, 0.6) is 5.88 Å². The van der Waals surface area contributed by atoms with Crippen LogP contribution < -0.4 is 10.9 Å². The minimum atomic E-state index is -0.552. The molecule has 0 aliphatic heterocycles. The quantitative estimate of drug-likeness (QED) is 0.857. The van der Waals surface area contributed by atoms with Crippen molar-refractivity contribution in [1.29, 1.82) is 0 Å². The molecule has 2 aromatic heterocycles. The number of aromatic nitrogens is 2. The van der Waals surface area contributed by atoms with Crippen LogP contribution in [0.3, 0.4) is 0 Å². The molecule has 2 heterocycles. The predicted octanol–water partition coefficient (Wildman–Crippen LogP) is 1.07. The van der Waals surface area contributed by atoms with Crippen molar-refractivity contribution in [3.8, 4) is 5.88 Å². The number of hydrogen-bond acceptors (Lipinski definition) is 4. The van der Waals surface area contributed by atoms with E-state index < -0.39 is 17.3 Å². The second kappa shape index (κ2) is 4.96. The Labute approximate surface area is 115 Å². The van der Waals surface area contributed by atoms with Gasteiger partial charge in [-0.25, -0.2) is 0 Å². The summed E-state index contributed by atoms with van der Waals surface area (Å²) < 4.78 is 1.25. The predicted molar refractivity (Wildman–Crippen MR) is 72.8 cm³/mol. The van der Waals surface area contributed by atoms with Crippen LogP contribution in [0.4, 0.5) is 0 Å². The van der Waals surface area contributed by atoms with Crippen molar-refractivity contribution in [1.82, 2.24) is 14.7 Å². The molecule has 0 atom stereocenters. The molecule has 20 heavy (non-hydrogen) atoms. The molecule has 6 heteroatoms. The lowest BCUT2D eigenvalue weighted by Crippen LogP contribution is -2.37.